The fourth-order valence-corrected chi connectivity index (χ4v) is 8.68. The number of aromatic nitrogens is 3. The number of aryl methyl sites for hydroxylation is 2. The van der Waals surface area contributed by atoms with Crippen LogP contribution in [0.4, 0.5) is 5.82 Å². The van der Waals surface area contributed by atoms with Crippen molar-refractivity contribution in [1.82, 2.24) is 19.1 Å². The minimum Gasteiger partial charge on any atom is -0.309 e. The number of amides is 1. The van der Waals surface area contributed by atoms with Gasteiger partial charge < -0.3 is 5.32 Å². The molecule has 184 valence electrons. The lowest BCUT2D eigenvalue weighted by Crippen LogP contribution is -2.49. The second-order valence-electron chi connectivity index (χ2n) is 8.30. The number of benzene rings is 1. The van der Waals surface area contributed by atoms with Crippen LogP contribution in [-0.4, -0.2) is 46.0 Å². The Morgan fingerprint density at radius 2 is 1.94 bits per heavy atom. The molecule has 1 aliphatic rings. The minimum atomic E-state index is -3.85. The third-order valence-corrected chi connectivity index (χ3v) is 10.9. The Hall–Kier alpha value is -2.02. The maximum atomic E-state index is 13.4. The van der Waals surface area contributed by atoms with Crippen molar-refractivity contribution in [3.05, 3.63) is 50.9 Å². The molecule has 35 heavy (non-hydrogen) atoms. The quantitative estimate of drug-likeness (QED) is 0.335. The van der Waals surface area contributed by atoms with Crippen LogP contribution < -0.4 is 5.32 Å². The lowest BCUT2D eigenvalue weighted by Gasteiger charge is -2.33. The van der Waals surface area contributed by atoms with E-state index in [0.29, 0.717) is 38.8 Å². The van der Waals surface area contributed by atoms with Crippen molar-refractivity contribution in [3.8, 4) is 5.13 Å². The molecule has 1 N–H and O–H groups in total. The number of halogens is 2. The summed E-state index contributed by atoms with van der Waals surface area (Å²) in [6.45, 7) is 4.04. The Balaban J connectivity index is 1.46. The van der Waals surface area contributed by atoms with E-state index in [1.165, 1.54) is 21.7 Å². The lowest BCUT2D eigenvalue weighted by atomic mass is 10.0. The summed E-state index contributed by atoms with van der Waals surface area (Å²) < 4.78 is 30.8. The molecule has 8 nitrogen and oxygen atoms in total. The average molecular weight is 571 g/mol. The molecule has 1 saturated heterocycles. The highest BCUT2D eigenvalue weighted by Gasteiger charge is 2.38. The number of anilines is 1. The number of carbonyl (C=O) groups is 1. The summed E-state index contributed by atoms with van der Waals surface area (Å²) in [6, 6.07) is 7.65. The van der Waals surface area contributed by atoms with E-state index >= 15 is 0 Å². The van der Waals surface area contributed by atoms with Gasteiger partial charge in [0.25, 0.3) is 10.0 Å². The number of hydrogen-bond acceptors (Lipinski definition) is 7. The van der Waals surface area contributed by atoms with Gasteiger partial charge in [-0.1, -0.05) is 47.0 Å². The zero-order chi connectivity index (χ0) is 24.9. The molecular weight excluding hydrogens is 549 g/mol. The van der Waals surface area contributed by atoms with Crippen LogP contribution in [0.2, 0.25) is 9.36 Å². The van der Waals surface area contributed by atoms with Crippen molar-refractivity contribution in [1.29, 1.82) is 0 Å². The molecule has 1 fully saturated rings. The van der Waals surface area contributed by atoms with E-state index < -0.39 is 22.0 Å². The Morgan fingerprint density at radius 3 is 2.66 bits per heavy atom. The van der Waals surface area contributed by atoms with E-state index in [1.807, 2.05) is 26.0 Å². The van der Waals surface area contributed by atoms with Crippen LogP contribution in [0.15, 0.2) is 34.5 Å². The van der Waals surface area contributed by atoms with E-state index in [9.17, 15) is 13.2 Å². The number of rotatable bonds is 5. The van der Waals surface area contributed by atoms with Crippen LogP contribution in [0, 0.1) is 13.8 Å². The van der Waals surface area contributed by atoms with Gasteiger partial charge in [-0.05, 0) is 50.5 Å². The van der Waals surface area contributed by atoms with Crippen LogP contribution in [0.5, 0.6) is 0 Å². The number of carbonyl (C=O) groups excluding carboxylic acids is 1. The average Bonchev–Trinajstić information content (AvgIpc) is 3.55. The van der Waals surface area contributed by atoms with Crippen LogP contribution in [-0.2, 0) is 14.8 Å². The molecule has 13 heteroatoms. The van der Waals surface area contributed by atoms with Gasteiger partial charge in [0, 0.05) is 12.6 Å². The Labute approximate surface area is 220 Å². The molecule has 5 rings (SSSR count). The van der Waals surface area contributed by atoms with Crippen molar-refractivity contribution in [2.24, 2.45) is 0 Å². The largest absolute Gasteiger partial charge is 0.309 e. The number of thiophene rings is 1. The van der Waals surface area contributed by atoms with Gasteiger partial charge in [0.05, 0.1) is 25.3 Å². The van der Waals surface area contributed by atoms with Crippen LogP contribution in [0.1, 0.15) is 30.5 Å². The molecule has 0 radical (unpaired) electrons. The zero-order valence-corrected chi connectivity index (χ0v) is 22.7. The summed E-state index contributed by atoms with van der Waals surface area (Å²) in [4.78, 5) is 18.1. The predicted octanol–water partition coefficient (Wildman–Crippen LogP) is 5.65. The molecule has 4 aromatic rings. The van der Waals surface area contributed by atoms with E-state index in [0.717, 1.165) is 33.5 Å². The van der Waals surface area contributed by atoms with E-state index in [4.69, 9.17) is 28.2 Å². The number of thiazole rings is 1. The number of nitrogens with one attached hydrogen (secondary N) is 1. The van der Waals surface area contributed by atoms with E-state index in [2.05, 4.69) is 10.4 Å². The molecule has 4 heterocycles. The summed E-state index contributed by atoms with van der Waals surface area (Å²) in [7, 11) is -3.85. The summed E-state index contributed by atoms with van der Waals surface area (Å²) >= 11 is 14.7. The summed E-state index contributed by atoms with van der Waals surface area (Å²) in [5.41, 5.74) is 2.45. The first-order valence-electron chi connectivity index (χ1n) is 10.9. The first kappa shape index (κ1) is 24.7. The number of nitrogens with zero attached hydrogens (tertiary/aromatic N) is 4. The van der Waals surface area contributed by atoms with Gasteiger partial charge in [0.1, 0.15) is 16.1 Å². The Morgan fingerprint density at radius 1 is 1.14 bits per heavy atom. The van der Waals surface area contributed by atoms with Gasteiger partial charge in [-0.25, -0.2) is 13.4 Å². The topological polar surface area (TPSA) is 97.2 Å². The molecule has 1 aromatic carbocycles. The zero-order valence-electron chi connectivity index (χ0n) is 18.8. The van der Waals surface area contributed by atoms with Gasteiger partial charge >= 0.3 is 0 Å². The highest BCUT2D eigenvalue weighted by Crippen LogP contribution is 2.35. The second kappa shape index (κ2) is 9.45. The number of sulfonamides is 1. The molecule has 1 amide bonds. The van der Waals surface area contributed by atoms with E-state index in [-0.39, 0.29) is 10.8 Å². The minimum absolute atomic E-state index is 0.129. The fourth-order valence-electron chi connectivity index (χ4n) is 4.13. The normalized spacial score (nSPS) is 17.2. The number of fused-ring (bicyclic) bond motifs is 1. The van der Waals surface area contributed by atoms with Gasteiger partial charge in [-0.2, -0.15) is 14.1 Å². The van der Waals surface area contributed by atoms with Crippen molar-refractivity contribution in [2.75, 3.05) is 11.9 Å². The first-order valence-corrected chi connectivity index (χ1v) is 14.7. The van der Waals surface area contributed by atoms with Crippen molar-refractivity contribution >= 4 is 77.8 Å². The standard InChI is InChI=1S/C22H21Cl2N5O3S3/c1-12-6-7-14(23)20-19(12)26-22(34-20)29-17(11-13(2)27-29)25-21(30)15-5-3-4-10-28(15)35(31,32)18-9-8-16(24)33-18/h6-9,11,15H,3-5,10H2,1-2H3,(H,25,30). The summed E-state index contributed by atoms with van der Waals surface area (Å²) in [6.07, 6.45) is 1.86. The molecule has 1 aliphatic heterocycles. The van der Waals surface area contributed by atoms with Crippen LogP contribution in [0.25, 0.3) is 15.3 Å². The predicted molar refractivity (Wildman–Crippen MR) is 141 cm³/mol. The SMILES string of the molecule is Cc1cc(NC(=O)C2CCCCN2S(=O)(=O)c2ccc(Cl)s2)n(-c2nc3c(C)ccc(Cl)c3s2)n1. The smallest absolute Gasteiger partial charge is 0.253 e. The molecule has 3 aromatic heterocycles. The highest BCUT2D eigenvalue weighted by molar-refractivity contribution is 7.91. The van der Waals surface area contributed by atoms with Crippen LogP contribution in [0.3, 0.4) is 0 Å². The first-order chi connectivity index (χ1) is 16.6. The van der Waals surface area contributed by atoms with Gasteiger partial charge in [0.2, 0.25) is 11.0 Å². The summed E-state index contributed by atoms with van der Waals surface area (Å²) in [5, 5.41) is 8.57. The molecule has 0 bridgehead atoms. The summed E-state index contributed by atoms with van der Waals surface area (Å²) in [5.74, 6) is 0.00910. The van der Waals surface area contributed by atoms with E-state index in [1.54, 1.807) is 16.8 Å². The maximum Gasteiger partial charge on any atom is 0.253 e. The number of hydrogen-bond donors (Lipinski definition) is 1. The monoisotopic (exact) mass is 569 g/mol. The van der Waals surface area contributed by atoms with Gasteiger partial charge in [-0.15, -0.1) is 11.3 Å². The molecule has 1 atom stereocenters. The van der Waals surface area contributed by atoms with Crippen molar-refractivity contribution in [3.63, 3.8) is 0 Å². The van der Waals surface area contributed by atoms with Crippen molar-refractivity contribution < 1.29 is 13.2 Å². The molecule has 0 aliphatic carbocycles. The molecule has 0 spiro atoms. The third-order valence-electron chi connectivity index (χ3n) is 5.82. The highest BCUT2D eigenvalue weighted by atomic mass is 35.5. The third kappa shape index (κ3) is 4.61. The van der Waals surface area contributed by atoms with Gasteiger partial charge in [0.15, 0.2) is 0 Å². The number of piperidine rings is 1. The molecule has 0 saturated carbocycles. The fraction of sp³-hybridized carbons (Fsp3) is 0.318. The lowest BCUT2D eigenvalue weighted by molar-refractivity contribution is -0.120. The van der Waals surface area contributed by atoms with Crippen molar-refractivity contribution in [2.45, 2.75) is 43.4 Å². The van der Waals surface area contributed by atoms with Gasteiger partial charge in [-0.3, -0.25) is 4.79 Å². The maximum absolute atomic E-state index is 13.4. The Kier molecular flexibility index (Phi) is 6.66. The molecular formula is C22H21Cl2N5O3S3. The second-order valence-corrected chi connectivity index (χ2v) is 13.5. The van der Waals surface area contributed by atoms with Crippen LogP contribution >= 0.6 is 45.9 Å². The Bertz CT molecular complexity index is 1500. The molecule has 1 unspecified atom stereocenters.